The molecule has 0 heterocycles. The topological polar surface area (TPSA) is 26.3 Å². The van der Waals surface area contributed by atoms with E-state index in [0.29, 0.717) is 0 Å². The van der Waals surface area contributed by atoms with E-state index >= 15 is 0 Å². The standard InChI is InChI=1S/C12H15ClO2/c1-7-5-6-8(2)11(9(7)3)15-10(4)12(13)14/h5-6,10H,1-4H3. The summed E-state index contributed by atoms with van der Waals surface area (Å²) >= 11 is 5.36. The minimum Gasteiger partial charge on any atom is -0.481 e. The van der Waals surface area contributed by atoms with E-state index in [-0.39, 0.29) is 0 Å². The van der Waals surface area contributed by atoms with E-state index in [1.54, 1.807) is 6.92 Å². The number of hydrogen-bond acceptors (Lipinski definition) is 2. The van der Waals surface area contributed by atoms with Crippen LogP contribution < -0.4 is 4.74 Å². The molecule has 15 heavy (non-hydrogen) atoms. The third kappa shape index (κ3) is 2.72. The van der Waals surface area contributed by atoms with Crippen LogP contribution in [-0.2, 0) is 4.79 Å². The molecule has 82 valence electrons. The zero-order valence-electron chi connectivity index (χ0n) is 9.43. The molecule has 0 saturated carbocycles. The first-order chi connectivity index (χ1) is 6.93. The molecule has 1 aromatic rings. The molecule has 0 spiro atoms. The number of aryl methyl sites for hydroxylation is 2. The predicted octanol–water partition coefficient (Wildman–Crippen LogP) is 3.14. The molecule has 1 aromatic carbocycles. The van der Waals surface area contributed by atoms with Crippen LogP contribution in [0, 0.1) is 20.8 Å². The Morgan fingerprint density at radius 3 is 2.33 bits per heavy atom. The van der Waals surface area contributed by atoms with Crippen molar-refractivity contribution in [3.05, 3.63) is 28.8 Å². The average molecular weight is 227 g/mol. The van der Waals surface area contributed by atoms with Gasteiger partial charge in [0.15, 0.2) is 6.10 Å². The van der Waals surface area contributed by atoms with E-state index in [2.05, 4.69) is 0 Å². The molecule has 0 aliphatic rings. The van der Waals surface area contributed by atoms with E-state index in [1.807, 2.05) is 32.9 Å². The highest BCUT2D eigenvalue weighted by Gasteiger charge is 2.15. The summed E-state index contributed by atoms with van der Waals surface area (Å²) in [6.07, 6.45) is -0.606. The highest BCUT2D eigenvalue weighted by molar-refractivity contribution is 6.64. The lowest BCUT2D eigenvalue weighted by atomic mass is 10.1. The maximum atomic E-state index is 10.9. The summed E-state index contributed by atoms with van der Waals surface area (Å²) in [5, 5.41) is -0.477. The second-order valence-electron chi connectivity index (χ2n) is 3.72. The van der Waals surface area contributed by atoms with Crippen LogP contribution in [-0.4, -0.2) is 11.3 Å². The molecular weight excluding hydrogens is 212 g/mol. The van der Waals surface area contributed by atoms with Crippen molar-refractivity contribution in [1.82, 2.24) is 0 Å². The fourth-order valence-corrected chi connectivity index (χ4v) is 1.37. The third-order valence-electron chi connectivity index (χ3n) is 2.49. The maximum absolute atomic E-state index is 10.9. The second kappa shape index (κ2) is 4.67. The van der Waals surface area contributed by atoms with Crippen molar-refractivity contribution in [2.75, 3.05) is 0 Å². The van der Waals surface area contributed by atoms with Crippen LogP contribution in [0.5, 0.6) is 5.75 Å². The van der Waals surface area contributed by atoms with Crippen molar-refractivity contribution in [1.29, 1.82) is 0 Å². The number of halogens is 1. The van der Waals surface area contributed by atoms with Gasteiger partial charge < -0.3 is 4.74 Å². The van der Waals surface area contributed by atoms with Gasteiger partial charge in [0.25, 0.3) is 5.24 Å². The highest BCUT2D eigenvalue weighted by atomic mass is 35.5. The van der Waals surface area contributed by atoms with Crippen LogP contribution in [0.25, 0.3) is 0 Å². The van der Waals surface area contributed by atoms with Crippen LogP contribution >= 0.6 is 11.6 Å². The Labute approximate surface area is 95.2 Å². The molecule has 0 aliphatic heterocycles. The van der Waals surface area contributed by atoms with E-state index in [4.69, 9.17) is 16.3 Å². The third-order valence-corrected chi connectivity index (χ3v) is 2.80. The maximum Gasteiger partial charge on any atom is 0.262 e. The highest BCUT2D eigenvalue weighted by Crippen LogP contribution is 2.26. The average Bonchev–Trinajstić information content (AvgIpc) is 2.18. The summed E-state index contributed by atoms with van der Waals surface area (Å²) in [4.78, 5) is 10.9. The van der Waals surface area contributed by atoms with Gasteiger partial charge in [-0.05, 0) is 56.0 Å². The molecule has 1 unspecified atom stereocenters. The lowest BCUT2D eigenvalue weighted by Crippen LogP contribution is -2.20. The number of benzene rings is 1. The van der Waals surface area contributed by atoms with Crippen LogP contribution in [0.2, 0.25) is 0 Å². The van der Waals surface area contributed by atoms with E-state index in [9.17, 15) is 4.79 Å². The first kappa shape index (κ1) is 12.1. The largest absolute Gasteiger partial charge is 0.481 e. The van der Waals surface area contributed by atoms with Gasteiger partial charge in [-0.15, -0.1) is 0 Å². The lowest BCUT2D eigenvalue weighted by molar-refractivity contribution is -0.117. The zero-order chi connectivity index (χ0) is 11.6. The Morgan fingerprint density at radius 2 is 1.80 bits per heavy atom. The molecule has 0 bridgehead atoms. The fourth-order valence-electron chi connectivity index (χ4n) is 1.33. The van der Waals surface area contributed by atoms with Gasteiger partial charge in [-0.1, -0.05) is 12.1 Å². The van der Waals surface area contributed by atoms with Gasteiger partial charge in [0.05, 0.1) is 0 Å². The monoisotopic (exact) mass is 226 g/mol. The molecule has 0 amide bonds. The molecule has 2 nitrogen and oxygen atoms in total. The quantitative estimate of drug-likeness (QED) is 0.741. The van der Waals surface area contributed by atoms with Crippen molar-refractivity contribution in [3.8, 4) is 5.75 Å². The summed E-state index contributed by atoms with van der Waals surface area (Å²) in [5.74, 6) is 0.761. The summed E-state index contributed by atoms with van der Waals surface area (Å²) in [7, 11) is 0. The van der Waals surface area contributed by atoms with E-state index < -0.39 is 11.3 Å². The second-order valence-corrected chi connectivity index (χ2v) is 4.09. The minimum absolute atomic E-state index is 0.477. The molecule has 1 atom stereocenters. The molecule has 0 fully saturated rings. The normalized spacial score (nSPS) is 12.3. The fraction of sp³-hybridized carbons (Fsp3) is 0.417. The number of carbonyl (C=O) groups is 1. The van der Waals surface area contributed by atoms with Gasteiger partial charge in [0.1, 0.15) is 5.75 Å². The van der Waals surface area contributed by atoms with Gasteiger partial charge in [-0.3, -0.25) is 4.79 Å². The van der Waals surface area contributed by atoms with Crippen molar-refractivity contribution in [2.24, 2.45) is 0 Å². The van der Waals surface area contributed by atoms with Crippen molar-refractivity contribution in [2.45, 2.75) is 33.8 Å². The Morgan fingerprint density at radius 1 is 1.27 bits per heavy atom. The SMILES string of the molecule is Cc1ccc(C)c(OC(C)C(=O)Cl)c1C. The van der Waals surface area contributed by atoms with Gasteiger partial charge in [-0.25, -0.2) is 0 Å². The Kier molecular flexibility index (Phi) is 3.75. The van der Waals surface area contributed by atoms with Gasteiger partial charge in [0.2, 0.25) is 0 Å². The lowest BCUT2D eigenvalue weighted by Gasteiger charge is -2.16. The molecular formula is C12H15ClO2. The molecule has 0 saturated heterocycles. The first-order valence-corrected chi connectivity index (χ1v) is 5.24. The molecule has 1 rings (SSSR count). The predicted molar refractivity (Wildman–Crippen MR) is 61.6 cm³/mol. The van der Waals surface area contributed by atoms with Crippen LogP contribution in [0.3, 0.4) is 0 Å². The Hall–Kier alpha value is -1.02. The smallest absolute Gasteiger partial charge is 0.262 e. The van der Waals surface area contributed by atoms with Gasteiger partial charge in [0, 0.05) is 0 Å². The Bertz CT molecular complexity index is 385. The molecule has 0 aromatic heterocycles. The van der Waals surface area contributed by atoms with Crippen LogP contribution in [0.1, 0.15) is 23.6 Å². The van der Waals surface area contributed by atoms with E-state index in [0.717, 1.165) is 22.4 Å². The molecule has 0 N–H and O–H groups in total. The minimum atomic E-state index is -0.606. The van der Waals surface area contributed by atoms with Crippen molar-refractivity contribution >= 4 is 16.8 Å². The summed E-state index contributed by atoms with van der Waals surface area (Å²) in [6, 6.07) is 4.01. The molecule has 0 radical (unpaired) electrons. The molecule has 3 heteroatoms. The summed E-state index contributed by atoms with van der Waals surface area (Å²) in [5.41, 5.74) is 3.22. The number of ether oxygens (including phenoxy) is 1. The van der Waals surface area contributed by atoms with Gasteiger partial charge >= 0.3 is 0 Å². The zero-order valence-corrected chi connectivity index (χ0v) is 10.2. The first-order valence-electron chi connectivity index (χ1n) is 4.86. The number of carbonyl (C=O) groups excluding carboxylic acids is 1. The summed E-state index contributed by atoms with van der Waals surface area (Å²) in [6.45, 7) is 7.58. The number of hydrogen-bond donors (Lipinski definition) is 0. The van der Waals surface area contributed by atoms with Gasteiger partial charge in [-0.2, -0.15) is 0 Å². The Balaban J connectivity index is 3.03. The number of rotatable bonds is 3. The summed E-state index contributed by atoms with van der Waals surface area (Å²) < 4.78 is 5.54. The molecule has 0 aliphatic carbocycles. The van der Waals surface area contributed by atoms with E-state index in [1.165, 1.54) is 0 Å². The van der Waals surface area contributed by atoms with Crippen LogP contribution in [0.4, 0.5) is 0 Å². The van der Waals surface area contributed by atoms with Crippen molar-refractivity contribution in [3.63, 3.8) is 0 Å². The van der Waals surface area contributed by atoms with Crippen LogP contribution in [0.15, 0.2) is 12.1 Å². The van der Waals surface area contributed by atoms with Crippen molar-refractivity contribution < 1.29 is 9.53 Å².